The first-order chi connectivity index (χ1) is 8.27. The Morgan fingerprint density at radius 2 is 1.29 bits per heavy atom. The lowest BCUT2D eigenvalue weighted by atomic mass is 9.91. The molecule has 0 bridgehead atoms. The predicted octanol–water partition coefficient (Wildman–Crippen LogP) is 3.88. The van der Waals surface area contributed by atoms with Gasteiger partial charge in [0.15, 0.2) is 0 Å². The van der Waals surface area contributed by atoms with Gasteiger partial charge < -0.3 is 5.73 Å². The van der Waals surface area contributed by atoms with Crippen LogP contribution in [0.15, 0.2) is 60.7 Å². The number of rotatable bonds is 4. The molecule has 0 amide bonds. The maximum atomic E-state index is 6.23. The lowest BCUT2D eigenvalue weighted by Gasteiger charge is -2.18. The van der Waals surface area contributed by atoms with Crippen LogP contribution in [0.4, 0.5) is 0 Å². The Kier molecular flexibility index (Phi) is 3.94. The molecule has 0 radical (unpaired) electrons. The van der Waals surface area contributed by atoms with Crippen LogP contribution < -0.4 is 5.73 Å². The first-order valence-corrected chi connectivity index (χ1v) is 6.13. The molecule has 2 aromatic carbocycles. The summed E-state index contributed by atoms with van der Waals surface area (Å²) in [4.78, 5) is 0. The molecule has 2 unspecified atom stereocenters. The van der Waals surface area contributed by atoms with Gasteiger partial charge in [-0.25, -0.2) is 0 Å². The summed E-state index contributed by atoms with van der Waals surface area (Å²) >= 11 is 0. The van der Waals surface area contributed by atoms with Crippen LogP contribution in [-0.4, -0.2) is 0 Å². The van der Waals surface area contributed by atoms with E-state index < -0.39 is 0 Å². The minimum absolute atomic E-state index is 0.117. The van der Waals surface area contributed by atoms with Crippen molar-refractivity contribution in [2.45, 2.75) is 25.3 Å². The number of nitrogens with two attached hydrogens (primary N) is 1. The molecule has 0 aliphatic carbocycles. The molecule has 0 heterocycles. The van der Waals surface area contributed by atoms with Crippen LogP contribution in [0.25, 0.3) is 0 Å². The van der Waals surface area contributed by atoms with E-state index in [4.69, 9.17) is 5.73 Å². The van der Waals surface area contributed by atoms with E-state index in [1.807, 2.05) is 24.3 Å². The van der Waals surface area contributed by atoms with Crippen molar-refractivity contribution in [3.05, 3.63) is 71.8 Å². The Balaban J connectivity index is 2.02. The number of hydrogen-bond donors (Lipinski definition) is 1. The van der Waals surface area contributed by atoms with Crippen LogP contribution >= 0.6 is 0 Å². The molecule has 0 aromatic heterocycles. The molecule has 2 aromatic rings. The van der Waals surface area contributed by atoms with Gasteiger partial charge in [-0.1, -0.05) is 67.6 Å². The van der Waals surface area contributed by atoms with Crippen molar-refractivity contribution in [1.82, 2.24) is 0 Å². The van der Waals surface area contributed by atoms with Gasteiger partial charge in [-0.3, -0.25) is 0 Å². The minimum atomic E-state index is 0.117. The van der Waals surface area contributed by atoms with Gasteiger partial charge in [-0.15, -0.1) is 0 Å². The Hall–Kier alpha value is -1.60. The Bertz CT molecular complexity index is 392. The Labute approximate surface area is 103 Å². The molecule has 0 saturated heterocycles. The van der Waals surface area contributed by atoms with Crippen molar-refractivity contribution >= 4 is 0 Å². The van der Waals surface area contributed by atoms with Crippen molar-refractivity contribution in [1.29, 1.82) is 0 Å². The van der Waals surface area contributed by atoms with Crippen molar-refractivity contribution in [3.63, 3.8) is 0 Å². The van der Waals surface area contributed by atoms with Gasteiger partial charge >= 0.3 is 0 Å². The second-order valence-electron chi connectivity index (χ2n) is 4.56. The number of benzene rings is 2. The fourth-order valence-electron chi connectivity index (χ4n) is 2.13. The van der Waals surface area contributed by atoms with Crippen molar-refractivity contribution < 1.29 is 0 Å². The standard InChI is InChI=1S/C16H19N/c1-13(14-8-4-2-5-9-14)12-16(17)15-10-6-3-7-11-15/h2-11,13,16H,12,17H2,1H3. The van der Waals surface area contributed by atoms with E-state index in [-0.39, 0.29) is 6.04 Å². The van der Waals surface area contributed by atoms with Crippen LogP contribution in [0.3, 0.4) is 0 Å². The molecular formula is C16H19N. The van der Waals surface area contributed by atoms with Gasteiger partial charge in [0.05, 0.1) is 0 Å². The lowest BCUT2D eigenvalue weighted by Crippen LogP contribution is -2.13. The van der Waals surface area contributed by atoms with Crippen molar-refractivity contribution in [3.8, 4) is 0 Å². The van der Waals surface area contributed by atoms with Crippen LogP contribution in [-0.2, 0) is 0 Å². The lowest BCUT2D eigenvalue weighted by molar-refractivity contribution is 0.574. The molecule has 1 heteroatoms. The zero-order chi connectivity index (χ0) is 12.1. The molecule has 0 fully saturated rings. The van der Waals surface area contributed by atoms with Crippen molar-refractivity contribution in [2.24, 2.45) is 5.73 Å². The molecule has 2 N–H and O–H groups in total. The van der Waals surface area contributed by atoms with Crippen LogP contribution in [0.5, 0.6) is 0 Å². The van der Waals surface area contributed by atoms with E-state index >= 15 is 0 Å². The maximum absolute atomic E-state index is 6.23. The monoisotopic (exact) mass is 225 g/mol. The highest BCUT2D eigenvalue weighted by atomic mass is 14.6. The largest absolute Gasteiger partial charge is 0.324 e. The third kappa shape index (κ3) is 3.18. The van der Waals surface area contributed by atoms with Crippen molar-refractivity contribution in [2.75, 3.05) is 0 Å². The summed E-state index contributed by atoms with van der Waals surface area (Å²) in [6, 6.07) is 21.0. The van der Waals surface area contributed by atoms with Gasteiger partial charge in [0.25, 0.3) is 0 Å². The molecule has 2 rings (SSSR count). The molecule has 1 nitrogen and oxygen atoms in total. The van der Waals surface area contributed by atoms with Gasteiger partial charge in [-0.05, 0) is 23.5 Å². The topological polar surface area (TPSA) is 26.0 Å². The van der Waals surface area contributed by atoms with E-state index in [2.05, 4.69) is 43.3 Å². The summed E-state index contributed by atoms with van der Waals surface area (Å²) in [7, 11) is 0. The first-order valence-electron chi connectivity index (χ1n) is 6.13. The van der Waals surface area contributed by atoms with Gasteiger partial charge in [-0.2, -0.15) is 0 Å². The smallest absolute Gasteiger partial charge is 0.0300 e. The van der Waals surface area contributed by atoms with E-state index in [1.54, 1.807) is 0 Å². The molecule has 17 heavy (non-hydrogen) atoms. The van der Waals surface area contributed by atoms with Gasteiger partial charge in [0.2, 0.25) is 0 Å². The zero-order valence-corrected chi connectivity index (χ0v) is 10.2. The van der Waals surface area contributed by atoms with Crippen LogP contribution in [0.1, 0.15) is 36.4 Å². The normalized spacial score (nSPS) is 14.2. The molecular weight excluding hydrogens is 206 g/mol. The third-order valence-corrected chi connectivity index (χ3v) is 3.20. The number of hydrogen-bond acceptors (Lipinski definition) is 1. The molecule has 0 aliphatic heterocycles. The molecule has 0 aliphatic rings. The van der Waals surface area contributed by atoms with Crippen LogP contribution in [0.2, 0.25) is 0 Å². The van der Waals surface area contributed by atoms with E-state index in [0.29, 0.717) is 5.92 Å². The van der Waals surface area contributed by atoms with E-state index in [1.165, 1.54) is 11.1 Å². The first kappa shape index (κ1) is 11.9. The molecule has 0 spiro atoms. The highest BCUT2D eigenvalue weighted by Crippen LogP contribution is 2.25. The minimum Gasteiger partial charge on any atom is -0.324 e. The molecule has 88 valence electrons. The third-order valence-electron chi connectivity index (χ3n) is 3.20. The summed E-state index contributed by atoms with van der Waals surface area (Å²) in [6.07, 6.45) is 0.980. The Morgan fingerprint density at radius 1 is 0.824 bits per heavy atom. The van der Waals surface area contributed by atoms with Gasteiger partial charge in [0, 0.05) is 6.04 Å². The summed E-state index contributed by atoms with van der Waals surface area (Å²) in [5.41, 5.74) is 8.81. The molecule has 2 atom stereocenters. The SMILES string of the molecule is CC(CC(N)c1ccccc1)c1ccccc1. The summed E-state index contributed by atoms with van der Waals surface area (Å²) in [5.74, 6) is 0.492. The highest BCUT2D eigenvalue weighted by molar-refractivity contribution is 5.22. The average Bonchev–Trinajstić information content (AvgIpc) is 2.40. The highest BCUT2D eigenvalue weighted by Gasteiger charge is 2.12. The van der Waals surface area contributed by atoms with E-state index in [9.17, 15) is 0 Å². The zero-order valence-electron chi connectivity index (χ0n) is 10.2. The average molecular weight is 225 g/mol. The summed E-state index contributed by atoms with van der Waals surface area (Å²) in [6.45, 7) is 2.23. The predicted molar refractivity (Wildman–Crippen MR) is 72.8 cm³/mol. The summed E-state index contributed by atoms with van der Waals surface area (Å²) in [5, 5.41) is 0. The second-order valence-corrected chi connectivity index (χ2v) is 4.56. The second kappa shape index (κ2) is 5.65. The quantitative estimate of drug-likeness (QED) is 0.839. The van der Waals surface area contributed by atoms with E-state index in [0.717, 1.165) is 6.42 Å². The van der Waals surface area contributed by atoms with Crippen LogP contribution in [0, 0.1) is 0 Å². The summed E-state index contributed by atoms with van der Waals surface area (Å²) < 4.78 is 0. The van der Waals surface area contributed by atoms with Gasteiger partial charge in [0.1, 0.15) is 0 Å². The fourth-order valence-corrected chi connectivity index (χ4v) is 2.13. The maximum Gasteiger partial charge on any atom is 0.0300 e. The molecule has 0 saturated carbocycles. The Morgan fingerprint density at radius 3 is 1.82 bits per heavy atom. The fraction of sp³-hybridized carbons (Fsp3) is 0.250.